The molecule has 0 radical (unpaired) electrons. The second-order valence-corrected chi connectivity index (χ2v) is 6.06. The predicted molar refractivity (Wildman–Crippen MR) is 100 cm³/mol. The van der Waals surface area contributed by atoms with Crippen molar-refractivity contribution in [2.24, 2.45) is 4.99 Å². The number of amidine groups is 1. The molecule has 0 aliphatic carbocycles. The lowest BCUT2D eigenvalue weighted by atomic mass is 9.95. The zero-order valence-electron chi connectivity index (χ0n) is 14.1. The van der Waals surface area contributed by atoms with Gasteiger partial charge in [-0.2, -0.15) is 21.0 Å². The second-order valence-electron chi connectivity index (χ2n) is 6.06. The molecule has 3 aromatic rings. The largest absolute Gasteiger partial charge is 0.385 e. The fourth-order valence-corrected chi connectivity index (χ4v) is 3.27. The molecule has 4 rings (SSSR count). The number of nitriles is 4. The maximum Gasteiger partial charge on any atom is 0.153 e. The van der Waals surface area contributed by atoms with Crippen LogP contribution in [0.1, 0.15) is 39.1 Å². The van der Waals surface area contributed by atoms with Crippen LogP contribution >= 0.6 is 0 Å². The first-order chi connectivity index (χ1) is 13.5. The third-order valence-electron chi connectivity index (χ3n) is 4.59. The van der Waals surface area contributed by atoms with Crippen LogP contribution in [0.4, 0.5) is 5.82 Å². The van der Waals surface area contributed by atoms with Gasteiger partial charge in [-0.1, -0.05) is 0 Å². The van der Waals surface area contributed by atoms with Gasteiger partial charge in [-0.15, -0.1) is 0 Å². The van der Waals surface area contributed by atoms with Crippen LogP contribution in [-0.2, 0) is 0 Å². The molecule has 28 heavy (non-hydrogen) atoms. The molecular weight excluding hydrogens is 352 g/mol. The molecule has 1 aliphatic heterocycles. The van der Waals surface area contributed by atoms with Crippen molar-refractivity contribution >= 4 is 28.1 Å². The number of nitrogens with two attached hydrogens (primary N) is 1. The smallest absolute Gasteiger partial charge is 0.153 e. The lowest BCUT2D eigenvalue weighted by molar-refractivity contribution is 1.38. The summed E-state index contributed by atoms with van der Waals surface area (Å²) in [5.41, 5.74) is 8.63. The van der Waals surface area contributed by atoms with Gasteiger partial charge in [-0.3, -0.25) is 5.41 Å². The number of nitrogen functional groups attached to an aromatic ring is 1. The third kappa shape index (κ3) is 2.14. The van der Waals surface area contributed by atoms with Gasteiger partial charge in [0.05, 0.1) is 33.7 Å². The molecule has 8 heteroatoms. The SMILES string of the molecule is N#Cc1cc2c(cc1C#N)C(c1[nH]c(N)c3cc(C#N)c(C#N)cc13)=NC2=N. The highest BCUT2D eigenvalue weighted by atomic mass is 14.9. The summed E-state index contributed by atoms with van der Waals surface area (Å²) in [6.45, 7) is 0. The third-order valence-corrected chi connectivity index (χ3v) is 4.59. The van der Waals surface area contributed by atoms with Gasteiger partial charge in [0.15, 0.2) is 5.84 Å². The van der Waals surface area contributed by atoms with Crippen molar-refractivity contribution in [2.45, 2.75) is 0 Å². The van der Waals surface area contributed by atoms with Crippen LogP contribution in [-0.4, -0.2) is 16.5 Å². The minimum absolute atomic E-state index is 0.0403. The average Bonchev–Trinajstić information content (AvgIpc) is 3.21. The van der Waals surface area contributed by atoms with E-state index in [-0.39, 0.29) is 28.1 Å². The number of aromatic nitrogens is 1. The molecule has 1 aliphatic rings. The fraction of sp³-hybridized carbons (Fsp3) is 0. The number of aromatic amines is 1. The minimum atomic E-state index is -0.0403. The van der Waals surface area contributed by atoms with Crippen molar-refractivity contribution in [3.05, 3.63) is 63.3 Å². The van der Waals surface area contributed by atoms with Gasteiger partial charge in [0.25, 0.3) is 0 Å². The Morgan fingerprint density at radius 1 is 0.786 bits per heavy atom. The number of anilines is 1. The Hall–Kier alpha value is -4.92. The van der Waals surface area contributed by atoms with Gasteiger partial charge in [0.2, 0.25) is 0 Å². The number of hydrogen-bond donors (Lipinski definition) is 3. The number of nitrogens with zero attached hydrogens (tertiary/aromatic N) is 5. The summed E-state index contributed by atoms with van der Waals surface area (Å²) in [5, 5.41) is 46.4. The first-order valence-corrected chi connectivity index (χ1v) is 7.94. The van der Waals surface area contributed by atoms with Crippen LogP contribution in [0.15, 0.2) is 29.3 Å². The number of benzene rings is 2. The summed E-state index contributed by atoms with van der Waals surface area (Å²) in [5.74, 6) is 0.254. The fourth-order valence-electron chi connectivity index (χ4n) is 3.27. The first-order valence-electron chi connectivity index (χ1n) is 7.94. The summed E-state index contributed by atoms with van der Waals surface area (Å²) < 4.78 is 0. The van der Waals surface area contributed by atoms with Crippen molar-refractivity contribution in [3.8, 4) is 24.3 Å². The van der Waals surface area contributed by atoms with E-state index in [1.165, 1.54) is 18.2 Å². The molecular formula is C20H8N8. The van der Waals surface area contributed by atoms with Gasteiger partial charge in [0, 0.05) is 21.9 Å². The van der Waals surface area contributed by atoms with Crippen LogP contribution in [0.5, 0.6) is 0 Å². The highest BCUT2D eigenvalue weighted by Crippen LogP contribution is 2.33. The van der Waals surface area contributed by atoms with E-state index in [4.69, 9.17) is 11.1 Å². The van der Waals surface area contributed by atoms with E-state index in [0.29, 0.717) is 39.1 Å². The molecule has 0 saturated heterocycles. The van der Waals surface area contributed by atoms with Gasteiger partial charge in [-0.25, -0.2) is 4.99 Å². The molecule has 0 saturated carbocycles. The Bertz CT molecular complexity index is 1420. The van der Waals surface area contributed by atoms with Crippen LogP contribution in [0.2, 0.25) is 0 Å². The zero-order chi connectivity index (χ0) is 20.0. The van der Waals surface area contributed by atoms with Crippen molar-refractivity contribution in [1.29, 1.82) is 26.5 Å². The molecule has 0 bridgehead atoms. The van der Waals surface area contributed by atoms with Gasteiger partial charge >= 0.3 is 0 Å². The van der Waals surface area contributed by atoms with Gasteiger partial charge < -0.3 is 10.7 Å². The number of aliphatic imine (C=N–C) groups is 1. The highest BCUT2D eigenvalue weighted by molar-refractivity contribution is 6.31. The van der Waals surface area contributed by atoms with Crippen molar-refractivity contribution in [1.82, 2.24) is 4.98 Å². The van der Waals surface area contributed by atoms with Gasteiger partial charge in [-0.05, 0) is 24.3 Å². The Kier molecular flexibility index (Phi) is 3.44. The second kappa shape index (κ2) is 5.81. The molecule has 0 fully saturated rings. The van der Waals surface area contributed by atoms with Crippen molar-refractivity contribution in [3.63, 3.8) is 0 Å². The minimum Gasteiger partial charge on any atom is -0.385 e. The molecule has 0 atom stereocenters. The standard InChI is InChI=1S/C20H8N8/c21-5-9-1-13-15(3-11(9)7-23)19(25)27-17(13)18-14-2-10(6-22)12(8-24)4-16(14)20(26)28-18/h1-4,25,28H,26H2. The summed E-state index contributed by atoms with van der Waals surface area (Å²) in [6.07, 6.45) is 0. The van der Waals surface area contributed by atoms with Crippen LogP contribution < -0.4 is 5.73 Å². The normalized spacial score (nSPS) is 11.9. The molecule has 4 N–H and O–H groups in total. The lowest BCUT2D eigenvalue weighted by Crippen LogP contribution is -2.04. The average molecular weight is 360 g/mol. The molecule has 8 nitrogen and oxygen atoms in total. The van der Waals surface area contributed by atoms with E-state index >= 15 is 0 Å². The summed E-state index contributed by atoms with van der Waals surface area (Å²) >= 11 is 0. The molecule has 0 spiro atoms. The van der Waals surface area contributed by atoms with Crippen LogP contribution in [0.3, 0.4) is 0 Å². The summed E-state index contributed by atoms with van der Waals surface area (Å²) in [6, 6.07) is 14.0. The maximum absolute atomic E-state index is 9.32. The van der Waals surface area contributed by atoms with E-state index in [9.17, 15) is 21.0 Å². The zero-order valence-corrected chi connectivity index (χ0v) is 14.1. The Morgan fingerprint density at radius 3 is 1.86 bits per heavy atom. The molecule has 2 aromatic carbocycles. The Morgan fingerprint density at radius 2 is 1.29 bits per heavy atom. The first kappa shape index (κ1) is 16.5. The molecule has 2 heterocycles. The van der Waals surface area contributed by atoms with Crippen LogP contribution in [0.25, 0.3) is 10.8 Å². The lowest BCUT2D eigenvalue weighted by Gasteiger charge is -2.05. The molecule has 0 unspecified atom stereocenters. The van der Waals surface area contributed by atoms with Crippen molar-refractivity contribution < 1.29 is 0 Å². The highest BCUT2D eigenvalue weighted by Gasteiger charge is 2.27. The van der Waals surface area contributed by atoms with Gasteiger partial charge in [0.1, 0.15) is 30.1 Å². The van der Waals surface area contributed by atoms with E-state index in [2.05, 4.69) is 9.98 Å². The number of fused-ring (bicyclic) bond motifs is 2. The number of nitrogens with one attached hydrogen (secondary N) is 2. The molecule has 1 aromatic heterocycles. The van der Waals surface area contributed by atoms with Crippen LogP contribution in [0, 0.1) is 50.7 Å². The number of H-pyrrole nitrogens is 1. The monoisotopic (exact) mass is 360 g/mol. The molecule has 128 valence electrons. The molecule has 0 amide bonds. The number of hydrogen-bond acceptors (Lipinski definition) is 6. The van der Waals surface area contributed by atoms with E-state index in [1.807, 2.05) is 24.3 Å². The van der Waals surface area contributed by atoms with Crippen molar-refractivity contribution in [2.75, 3.05) is 5.73 Å². The van der Waals surface area contributed by atoms with E-state index in [1.54, 1.807) is 6.07 Å². The Balaban J connectivity index is 2.02. The maximum atomic E-state index is 9.32. The predicted octanol–water partition coefficient (Wildman–Crippen LogP) is 2.41. The summed E-state index contributed by atoms with van der Waals surface area (Å²) in [4.78, 5) is 7.29. The van der Waals surface area contributed by atoms with E-state index < -0.39 is 0 Å². The number of rotatable bonds is 1. The van der Waals surface area contributed by atoms with E-state index in [0.717, 1.165) is 0 Å². The summed E-state index contributed by atoms with van der Waals surface area (Å²) in [7, 11) is 0. The quantitative estimate of drug-likeness (QED) is 0.603. The topological polar surface area (TPSA) is 173 Å². The Labute approximate surface area is 158 Å².